The minimum Gasteiger partial charge on any atom is -0.364 e. The molecule has 22 heavy (non-hydrogen) atoms. The van der Waals surface area contributed by atoms with Gasteiger partial charge in [-0.15, -0.1) is 0 Å². The van der Waals surface area contributed by atoms with Gasteiger partial charge in [0.05, 0.1) is 5.52 Å². The average Bonchev–Trinajstić information content (AvgIpc) is 2.78. The largest absolute Gasteiger partial charge is 0.364 e. The summed E-state index contributed by atoms with van der Waals surface area (Å²) in [5, 5.41) is 0.455. The van der Waals surface area contributed by atoms with Crippen LogP contribution in [0.1, 0.15) is 10.5 Å². The topological polar surface area (TPSA) is 48.0 Å². The first-order chi connectivity index (χ1) is 10.4. The van der Waals surface area contributed by atoms with Crippen molar-refractivity contribution in [3.05, 3.63) is 59.5 Å². The summed E-state index contributed by atoms with van der Waals surface area (Å²) in [6.07, 6.45) is 0. The van der Waals surface area contributed by atoms with Gasteiger partial charge in [-0.25, -0.2) is 13.2 Å². The summed E-state index contributed by atoms with van der Waals surface area (Å²) in [6.45, 7) is 0. The van der Waals surface area contributed by atoms with Crippen molar-refractivity contribution in [2.24, 2.45) is 12.8 Å². The fraction of sp³-hybridized carbons (Fsp3) is 0.0625. The van der Waals surface area contributed by atoms with Crippen LogP contribution in [0.25, 0.3) is 22.0 Å². The Balaban J connectivity index is 2.37. The van der Waals surface area contributed by atoms with Crippen molar-refractivity contribution in [2.45, 2.75) is 0 Å². The summed E-state index contributed by atoms with van der Waals surface area (Å²) in [4.78, 5) is 11.4. The van der Waals surface area contributed by atoms with Crippen molar-refractivity contribution in [3.63, 3.8) is 0 Å². The first-order valence-electron chi connectivity index (χ1n) is 6.42. The molecule has 3 aromatic rings. The highest BCUT2D eigenvalue weighted by atomic mass is 19.2. The highest BCUT2D eigenvalue weighted by Crippen LogP contribution is 2.32. The van der Waals surface area contributed by atoms with Crippen LogP contribution in [0, 0.1) is 17.5 Å². The lowest BCUT2D eigenvalue weighted by Gasteiger charge is -2.08. The molecule has 0 spiro atoms. The molecule has 6 heteroatoms. The molecule has 0 saturated heterocycles. The maximum absolute atomic E-state index is 13.8. The number of amides is 1. The molecule has 0 aliphatic heterocycles. The van der Waals surface area contributed by atoms with Crippen LogP contribution in [0.4, 0.5) is 13.2 Å². The van der Waals surface area contributed by atoms with E-state index in [0.29, 0.717) is 22.0 Å². The van der Waals surface area contributed by atoms with Gasteiger partial charge >= 0.3 is 0 Å². The zero-order valence-corrected chi connectivity index (χ0v) is 11.5. The standard InChI is InChI=1S/C16H11F3N2O/c1-21-14(16(20)22)6-9-4-10(17)7-11(15(9)21)8-2-3-12(18)13(19)5-8/h2-7H,1H3,(H2,20,22). The third-order valence-electron chi connectivity index (χ3n) is 3.58. The molecule has 0 unspecified atom stereocenters. The van der Waals surface area contributed by atoms with Gasteiger partial charge in [0.25, 0.3) is 5.91 Å². The number of rotatable bonds is 2. The maximum atomic E-state index is 13.8. The van der Waals surface area contributed by atoms with Crippen LogP contribution < -0.4 is 5.73 Å². The van der Waals surface area contributed by atoms with Crippen LogP contribution in [0.3, 0.4) is 0 Å². The van der Waals surface area contributed by atoms with E-state index in [1.807, 2.05) is 0 Å². The second-order valence-electron chi connectivity index (χ2n) is 4.97. The molecule has 1 amide bonds. The van der Waals surface area contributed by atoms with E-state index in [-0.39, 0.29) is 5.69 Å². The minimum absolute atomic E-state index is 0.199. The molecule has 0 fully saturated rings. The first-order valence-corrected chi connectivity index (χ1v) is 6.42. The molecule has 0 radical (unpaired) electrons. The van der Waals surface area contributed by atoms with Crippen LogP contribution in [-0.4, -0.2) is 10.5 Å². The van der Waals surface area contributed by atoms with Crippen molar-refractivity contribution in [2.75, 3.05) is 0 Å². The van der Waals surface area contributed by atoms with Crippen LogP contribution >= 0.6 is 0 Å². The zero-order chi connectivity index (χ0) is 16.0. The van der Waals surface area contributed by atoms with Gasteiger partial charge in [-0.1, -0.05) is 6.07 Å². The SMILES string of the molecule is Cn1c(C(N)=O)cc2cc(F)cc(-c3ccc(F)c(F)c3)c21. The van der Waals surface area contributed by atoms with Gasteiger partial charge in [-0.3, -0.25) is 4.79 Å². The number of nitrogens with zero attached hydrogens (tertiary/aromatic N) is 1. The predicted octanol–water partition coefficient (Wildman–Crippen LogP) is 3.36. The zero-order valence-electron chi connectivity index (χ0n) is 11.5. The molecular formula is C16H11F3N2O. The molecule has 3 nitrogen and oxygen atoms in total. The van der Waals surface area contributed by atoms with Gasteiger partial charge in [0.2, 0.25) is 0 Å². The number of fused-ring (bicyclic) bond motifs is 1. The van der Waals surface area contributed by atoms with E-state index >= 15 is 0 Å². The number of aromatic nitrogens is 1. The number of hydrogen-bond donors (Lipinski definition) is 1. The second-order valence-corrected chi connectivity index (χ2v) is 4.97. The van der Waals surface area contributed by atoms with E-state index in [1.54, 1.807) is 7.05 Å². The molecular weight excluding hydrogens is 293 g/mol. The van der Waals surface area contributed by atoms with Crippen molar-refractivity contribution in [1.29, 1.82) is 0 Å². The Morgan fingerprint density at radius 2 is 1.77 bits per heavy atom. The average molecular weight is 304 g/mol. The maximum Gasteiger partial charge on any atom is 0.265 e. The third-order valence-corrected chi connectivity index (χ3v) is 3.58. The summed E-state index contributed by atoms with van der Waals surface area (Å²) >= 11 is 0. The van der Waals surface area contributed by atoms with Crippen molar-refractivity contribution >= 4 is 16.8 Å². The Hall–Kier alpha value is -2.76. The molecule has 0 aliphatic rings. The highest BCUT2D eigenvalue weighted by Gasteiger charge is 2.16. The van der Waals surface area contributed by atoms with Gasteiger partial charge < -0.3 is 10.3 Å². The van der Waals surface area contributed by atoms with Crippen LogP contribution in [-0.2, 0) is 7.05 Å². The Bertz CT molecular complexity index is 915. The molecule has 1 heterocycles. The number of carbonyl (C=O) groups is 1. The molecule has 112 valence electrons. The van der Waals surface area contributed by atoms with Crippen molar-refractivity contribution in [3.8, 4) is 11.1 Å². The van der Waals surface area contributed by atoms with E-state index in [4.69, 9.17) is 5.73 Å². The molecule has 0 bridgehead atoms. The molecule has 2 aromatic carbocycles. The lowest BCUT2D eigenvalue weighted by Crippen LogP contribution is -2.15. The fourth-order valence-corrected chi connectivity index (χ4v) is 2.59. The smallest absolute Gasteiger partial charge is 0.265 e. The van der Waals surface area contributed by atoms with Gasteiger partial charge in [-0.05, 0) is 35.9 Å². The van der Waals surface area contributed by atoms with Crippen LogP contribution in [0.15, 0.2) is 36.4 Å². The van der Waals surface area contributed by atoms with E-state index in [2.05, 4.69) is 0 Å². The molecule has 0 aliphatic carbocycles. The number of nitrogens with two attached hydrogens (primary N) is 1. The normalized spacial score (nSPS) is 11.1. The summed E-state index contributed by atoms with van der Waals surface area (Å²) in [5.41, 5.74) is 6.66. The van der Waals surface area contributed by atoms with E-state index in [9.17, 15) is 18.0 Å². The Morgan fingerprint density at radius 1 is 1.05 bits per heavy atom. The Morgan fingerprint density at radius 3 is 2.41 bits per heavy atom. The summed E-state index contributed by atoms with van der Waals surface area (Å²) in [6, 6.07) is 7.23. The number of hydrogen-bond acceptors (Lipinski definition) is 1. The number of carbonyl (C=O) groups excluding carboxylic acids is 1. The molecule has 1 aromatic heterocycles. The third kappa shape index (κ3) is 2.13. The van der Waals surface area contributed by atoms with E-state index in [1.165, 1.54) is 28.8 Å². The molecule has 0 saturated carbocycles. The van der Waals surface area contributed by atoms with Gasteiger partial charge in [0, 0.05) is 18.0 Å². The molecule has 0 atom stereocenters. The minimum atomic E-state index is -1.03. The van der Waals surface area contributed by atoms with Crippen LogP contribution in [0.2, 0.25) is 0 Å². The quantitative estimate of drug-likeness (QED) is 0.775. The van der Waals surface area contributed by atoms with Gasteiger partial charge in [0.1, 0.15) is 11.5 Å². The number of benzene rings is 2. The predicted molar refractivity (Wildman–Crippen MR) is 76.7 cm³/mol. The lowest BCUT2D eigenvalue weighted by atomic mass is 10.0. The number of aryl methyl sites for hydroxylation is 1. The van der Waals surface area contributed by atoms with E-state index in [0.717, 1.165) is 12.1 Å². The second kappa shape index (κ2) is 4.91. The first kappa shape index (κ1) is 14.2. The van der Waals surface area contributed by atoms with Crippen molar-refractivity contribution < 1.29 is 18.0 Å². The highest BCUT2D eigenvalue weighted by molar-refractivity contribution is 6.02. The summed E-state index contributed by atoms with van der Waals surface area (Å²) < 4.78 is 41.9. The van der Waals surface area contributed by atoms with Gasteiger partial charge in [0.15, 0.2) is 11.6 Å². The van der Waals surface area contributed by atoms with Crippen molar-refractivity contribution in [1.82, 2.24) is 4.57 Å². The van der Waals surface area contributed by atoms with Gasteiger partial charge in [-0.2, -0.15) is 0 Å². The molecule has 3 rings (SSSR count). The monoisotopic (exact) mass is 304 g/mol. The number of primary amides is 1. The summed E-state index contributed by atoms with van der Waals surface area (Å²) in [7, 11) is 1.60. The Kier molecular flexibility index (Phi) is 3.16. The number of halogens is 3. The Labute approximate surface area is 123 Å². The van der Waals surface area contributed by atoms with Crippen LogP contribution in [0.5, 0.6) is 0 Å². The van der Waals surface area contributed by atoms with E-state index < -0.39 is 23.4 Å². The lowest BCUT2D eigenvalue weighted by molar-refractivity contribution is 0.0993. The molecule has 2 N–H and O–H groups in total. The fourth-order valence-electron chi connectivity index (χ4n) is 2.59. The summed E-state index contributed by atoms with van der Waals surface area (Å²) in [5.74, 6) is -3.22.